The number of aromatic nitrogens is 2. The van der Waals surface area contributed by atoms with Crippen molar-refractivity contribution in [3.63, 3.8) is 0 Å². The van der Waals surface area contributed by atoms with Crippen LogP contribution >= 0.6 is 43.2 Å². The average molecular weight is 661 g/mol. The van der Waals surface area contributed by atoms with Gasteiger partial charge in [-0.3, -0.25) is 4.57 Å². The molecule has 0 saturated heterocycles. The van der Waals surface area contributed by atoms with Gasteiger partial charge in [0.15, 0.2) is 16.1 Å². The third kappa shape index (κ3) is 5.13. The first-order valence-corrected chi connectivity index (χ1v) is 14.4. The number of thiazole rings is 1. The molecule has 6 aromatic rings. The van der Waals surface area contributed by atoms with Crippen molar-refractivity contribution in [2.75, 3.05) is 0 Å². The van der Waals surface area contributed by atoms with Crippen LogP contribution in [0.2, 0.25) is 0 Å². The maximum Gasteiger partial charge on any atom is 0.345 e. The summed E-state index contributed by atoms with van der Waals surface area (Å²) in [6.45, 7) is 1.87. The lowest BCUT2D eigenvalue weighted by atomic mass is 10.1. The molecular formula is C30H19Br2N3O3S. The SMILES string of the molecule is Cc1noc(/C=C/c2ccccc2)c1-n1c(-c2cc3cc(Br)cc(Br)c3oc2=O)csc1=Nc1ccccc1. The van der Waals surface area contributed by atoms with Gasteiger partial charge in [0, 0.05) is 15.2 Å². The van der Waals surface area contributed by atoms with Crippen molar-refractivity contribution in [2.45, 2.75) is 6.92 Å². The Morgan fingerprint density at radius 1 is 0.974 bits per heavy atom. The Morgan fingerprint density at radius 3 is 2.49 bits per heavy atom. The number of hydrogen-bond acceptors (Lipinski definition) is 6. The van der Waals surface area contributed by atoms with Gasteiger partial charge in [0.25, 0.3) is 0 Å². The fourth-order valence-electron chi connectivity index (χ4n) is 4.24. The van der Waals surface area contributed by atoms with Crippen LogP contribution < -0.4 is 10.4 Å². The number of benzene rings is 3. The van der Waals surface area contributed by atoms with Gasteiger partial charge in [-0.05, 0) is 64.8 Å². The molecule has 0 atom stereocenters. The Hall–Kier alpha value is -3.79. The molecule has 3 aromatic heterocycles. The number of nitrogens with zero attached hydrogens (tertiary/aromatic N) is 3. The third-order valence-corrected chi connectivity index (χ3v) is 7.90. The number of halogens is 2. The van der Waals surface area contributed by atoms with Crippen LogP contribution in [0.3, 0.4) is 0 Å². The zero-order valence-corrected chi connectivity index (χ0v) is 24.5. The van der Waals surface area contributed by atoms with Crippen molar-refractivity contribution in [3.8, 4) is 16.9 Å². The molecule has 39 heavy (non-hydrogen) atoms. The maximum atomic E-state index is 13.3. The molecule has 0 fully saturated rings. The fourth-order valence-corrected chi connectivity index (χ4v) is 6.48. The summed E-state index contributed by atoms with van der Waals surface area (Å²) in [5.74, 6) is 0.543. The van der Waals surface area contributed by atoms with Crippen LogP contribution in [0.1, 0.15) is 17.0 Å². The minimum Gasteiger partial charge on any atom is -0.421 e. The van der Waals surface area contributed by atoms with E-state index in [1.807, 2.05) is 108 Å². The molecular weight excluding hydrogens is 642 g/mol. The van der Waals surface area contributed by atoms with E-state index in [-0.39, 0.29) is 0 Å². The van der Waals surface area contributed by atoms with Crippen molar-refractivity contribution in [1.82, 2.24) is 9.72 Å². The number of hydrogen-bond donors (Lipinski definition) is 0. The summed E-state index contributed by atoms with van der Waals surface area (Å²) in [4.78, 5) is 18.9. The van der Waals surface area contributed by atoms with Gasteiger partial charge in [-0.1, -0.05) is 75.7 Å². The summed E-state index contributed by atoms with van der Waals surface area (Å²) in [6.07, 6.45) is 3.84. The van der Waals surface area contributed by atoms with Crippen molar-refractivity contribution in [3.05, 3.63) is 125 Å². The second kappa shape index (κ2) is 10.8. The van der Waals surface area contributed by atoms with Crippen LogP contribution in [0, 0.1) is 6.92 Å². The van der Waals surface area contributed by atoms with Gasteiger partial charge >= 0.3 is 5.63 Å². The Labute approximate surface area is 243 Å². The van der Waals surface area contributed by atoms with Crippen molar-refractivity contribution >= 4 is 72.0 Å². The van der Waals surface area contributed by atoms with Gasteiger partial charge in [-0.15, -0.1) is 11.3 Å². The predicted molar refractivity (Wildman–Crippen MR) is 162 cm³/mol. The summed E-state index contributed by atoms with van der Waals surface area (Å²) >= 11 is 8.45. The van der Waals surface area contributed by atoms with Crippen LogP contribution in [-0.2, 0) is 0 Å². The first-order valence-electron chi connectivity index (χ1n) is 11.9. The lowest BCUT2D eigenvalue weighted by molar-refractivity contribution is 0.408. The molecule has 0 saturated carbocycles. The first kappa shape index (κ1) is 25.5. The molecule has 6 rings (SSSR count). The van der Waals surface area contributed by atoms with Gasteiger partial charge in [0.1, 0.15) is 11.4 Å². The molecule has 0 unspecified atom stereocenters. The van der Waals surface area contributed by atoms with E-state index < -0.39 is 5.63 Å². The van der Waals surface area contributed by atoms with E-state index in [0.29, 0.717) is 43.3 Å². The summed E-state index contributed by atoms with van der Waals surface area (Å²) < 4.78 is 15.0. The minimum atomic E-state index is -0.459. The average Bonchev–Trinajstić information content (AvgIpc) is 3.50. The largest absolute Gasteiger partial charge is 0.421 e. The first-order chi connectivity index (χ1) is 19.0. The van der Waals surface area contributed by atoms with Crippen molar-refractivity contribution < 1.29 is 8.94 Å². The molecule has 3 aromatic carbocycles. The molecule has 0 aliphatic carbocycles. The molecule has 0 amide bonds. The van der Waals surface area contributed by atoms with Gasteiger partial charge in [-0.25, -0.2) is 9.79 Å². The van der Waals surface area contributed by atoms with Crippen LogP contribution in [-0.4, -0.2) is 9.72 Å². The van der Waals surface area contributed by atoms with Gasteiger partial charge in [0.05, 0.1) is 21.4 Å². The van der Waals surface area contributed by atoms with Crippen molar-refractivity contribution in [1.29, 1.82) is 0 Å². The molecule has 192 valence electrons. The number of fused-ring (bicyclic) bond motifs is 1. The topological polar surface area (TPSA) is 73.5 Å². The highest BCUT2D eigenvalue weighted by Gasteiger charge is 2.22. The van der Waals surface area contributed by atoms with Gasteiger partial charge in [0.2, 0.25) is 0 Å². The second-order valence-electron chi connectivity index (χ2n) is 8.66. The molecule has 0 spiro atoms. The molecule has 0 N–H and O–H groups in total. The number of aryl methyl sites for hydroxylation is 1. The van der Waals surface area contributed by atoms with Crippen LogP contribution in [0.5, 0.6) is 0 Å². The summed E-state index contributed by atoms with van der Waals surface area (Å²) in [7, 11) is 0. The van der Waals surface area contributed by atoms with E-state index in [0.717, 1.165) is 21.1 Å². The van der Waals surface area contributed by atoms with Crippen LogP contribution in [0.25, 0.3) is 40.1 Å². The van der Waals surface area contributed by atoms with E-state index in [2.05, 4.69) is 37.0 Å². The predicted octanol–water partition coefficient (Wildman–Crippen LogP) is 8.54. The van der Waals surface area contributed by atoms with Crippen LogP contribution in [0.4, 0.5) is 5.69 Å². The standard InChI is InChI=1S/C30H19Br2N3O3S/c1-18-27(26(38-34-18)13-12-19-8-4-2-5-9-19)35-25(17-39-30(35)33-22-10-6-3-7-11-22)23-15-20-14-21(31)16-24(32)28(20)37-29(23)36/h2-17H,1H3/b13-12+,33-30?. The fraction of sp³-hybridized carbons (Fsp3) is 0.0333. The Kier molecular flexibility index (Phi) is 7.03. The van der Waals surface area contributed by atoms with Gasteiger partial charge < -0.3 is 8.94 Å². The summed E-state index contributed by atoms with van der Waals surface area (Å²) in [5, 5.41) is 6.95. The monoisotopic (exact) mass is 659 g/mol. The lowest BCUT2D eigenvalue weighted by Gasteiger charge is -2.09. The molecule has 0 aliphatic rings. The van der Waals surface area contributed by atoms with Crippen molar-refractivity contribution in [2.24, 2.45) is 4.99 Å². The molecule has 9 heteroatoms. The maximum absolute atomic E-state index is 13.3. The Bertz CT molecular complexity index is 1970. The second-order valence-corrected chi connectivity index (χ2v) is 11.3. The summed E-state index contributed by atoms with van der Waals surface area (Å²) in [5.41, 5.74) is 4.21. The molecule has 3 heterocycles. The zero-order chi connectivity index (χ0) is 26.9. The van der Waals surface area contributed by atoms with Gasteiger partial charge in [-0.2, -0.15) is 0 Å². The number of rotatable bonds is 5. The van der Waals surface area contributed by atoms with E-state index in [4.69, 9.17) is 13.9 Å². The minimum absolute atomic E-state index is 0.400. The van der Waals surface area contributed by atoms with E-state index >= 15 is 0 Å². The highest BCUT2D eigenvalue weighted by molar-refractivity contribution is 9.11. The molecule has 0 aliphatic heterocycles. The Morgan fingerprint density at radius 2 is 1.72 bits per heavy atom. The number of para-hydroxylation sites is 1. The van der Waals surface area contributed by atoms with E-state index in [1.54, 1.807) is 0 Å². The smallest absolute Gasteiger partial charge is 0.345 e. The summed E-state index contributed by atoms with van der Waals surface area (Å²) in [6, 6.07) is 25.2. The van der Waals surface area contributed by atoms with Crippen LogP contribution in [0.15, 0.2) is 112 Å². The lowest BCUT2D eigenvalue weighted by Crippen LogP contribution is -2.17. The third-order valence-electron chi connectivity index (χ3n) is 6.02. The van der Waals surface area contributed by atoms with E-state index in [9.17, 15) is 4.79 Å². The molecule has 6 nitrogen and oxygen atoms in total. The molecule has 0 bridgehead atoms. The molecule has 0 radical (unpaired) electrons. The highest BCUT2D eigenvalue weighted by Crippen LogP contribution is 2.32. The highest BCUT2D eigenvalue weighted by atomic mass is 79.9. The zero-order valence-electron chi connectivity index (χ0n) is 20.5. The normalized spacial score (nSPS) is 12.1. The van der Waals surface area contributed by atoms with E-state index in [1.165, 1.54) is 11.3 Å². The Balaban J connectivity index is 1.61. The quantitative estimate of drug-likeness (QED) is 0.174.